The van der Waals surface area contributed by atoms with Crippen LogP contribution in [0.2, 0.25) is 0 Å². The number of rotatable bonds is 4. The minimum atomic E-state index is -0.894. The molecular weight excluding hydrogens is 206 g/mol. The summed E-state index contributed by atoms with van der Waals surface area (Å²) >= 11 is 0. The molecule has 16 heavy (non-hydrogen) atoms. The summed E-state index contributed by atoms with van der Waals surface area (Å²) in [5.41, 5.74) is 1.59. The van der Waals surface area contributed by atoms with Crippen LogP contribution in [0.4, 0.5) is 0 Å². The number of hydrogen-bond donors (Lipinski definition) is 1. The average molecular weight is 221 g/mol. The summed E-state index contributed by atoms with van der Waals surface area (Å²) in [4.78, 5) is 15.3. The molecular formula is C12H15NO3. The van der Waals surface area contributed by atoms with Gasteiger partial charge in [0.25, 0.3) is 0 Å². The van der Waals surface area contributed by atoms with Crippen molar-refractivity contribution in [2.24, 2.45) is 0 Å². The second kappa shape index (κ2) is 3.87. The van der Waals surface area contributed by atoms with Crippen LogP contribution >= 0.6 is 0 Å². The van der Waals surface area contributed by atoms with Crippen molar-refractivity contribution in [1.82, 2.24) is 4.98 Å². The normalized spacial score (nSPS) is 19.1. The van der Waals surface area contributed by atoms with E-state index in [1.54, 1.807) is 6.20 Å². The maximum atomic E-state index is 11.1. The van der Waals surface area contributed by atoms with E-state index < -0.39 is 12.1 Å². The number of aliphatic carboxylic acids is 1. The van der Waals surface area contributed by atoms with E-state index in [0.29, 0.717) is 0 Å². The highest BCUT2D eigenvalue weighted by Crippen LogP contribution is 2.52. The van der Waals surface area contributed by atoms with Crippen molar-refractivity contribution in [3.05, 3.63) is 29.6 Å². The van der Waals surface area contributed by atoms with Crippen LogP contribution in [-0.4, -0.2) is 29.3 Å². The van der Waals surface area contributed by atoms with E-state index in [9.17, 15) is 4.79 Å². The molecule has 1 heterocycles. The van der Waals surface area contributed by atoms with Crippen LogP contribution in [0, 0.1) is 6.92 Å². The first-order valence-corrected chi connectivity index (χ1v) is 5.29. The SMILES string of the molecule is COC(C(=O)O)C1(c2ccnc(C)c2)CC1. The number of carboxylic acid groups (broad SMARTS) is 1. The molecule has 1 atom stereocenters. The topological polar surface area (TPSA) is 59.4 Å². The van der Waals surface area contributed by atoms with Gasteiger partial charge in [-0.1, -0.05) is 0 Å². The smallest absolute Gasteiger partial charge is 0.333 e. The number of pyridine rings is 1. The number of ether oxygens (including phenoxy) is 1. The Labute approximate surface area is 94.3 Å². The third-order valence-electron chi connectivity index (χ3n) is 3.22. The zero-order valence-electron chi connectivity index (χ0n) is 9.43. The molecule has 1 aromatic heterocycles. The molecule has 1 aromatic rings. The molecule has 86 valence electrons. The van der Waals surface area contributed by atoms with Gasteiger partial charge in [-0.3, -0.25) is 4.98 Å². The van der Waals surface area contributed by atoms with E-state index in [0.717, 1.165) is 24.1 Å². The Morgan fingerprint density at radius 3 is 2.75 bits per heavy atom. The lowest BCUT2D eigenvalue weighted by atomic mass is 9.90. The quantitative estimate of drug-likeness (QED) is 0.837. The van der Waals surface area contributed by atoms with Crippen molar-refractivity contribution in [2.75, 3.05) is 7.11 Å². The summed E-state index contributed by atoms with van der Waals surface area (Å²) in [7, 11) is 1.45. The number of carbonyl (C=O) groups is 1. The number of hydrogen-bond acceptors (Lipinski definition) is 3. The van der Waals surface area contributed by atoms with Gasteiger partial charge in [0.2, 0.25) is 0 Å². The summed E-state index contributed by atoms with van der Waals surface area (Å²) in [6, 6.07) is 3.83. The molecule has 4 heteroatoms. The third-order valence-corrected chi connectivity index (χ3v) is 3.22. The van der Waals surface area contributed by atoms with Gasteiger partial charge in [-0.25, -0.2) is 4.79 Å². The fourth-order valence-electron chi connectivity index (χ4n) is 2.25. The Kier molecular flexibility index (Phi) is 2.68. The van der Waals surface area contributed by atoms with Gasteiger partial charge < -0.3 is 9.84 Å². The predicted octanol–water partition coefficient (Wildman–Crippen LogP) is 1.52. The summed E-state index contributed by atoms with van der Waals surface area (Å²) in [6.07, 6.45) is 2.69. The lowest BCUT2D eigenvalue weighted by Gasteiger charge is -2.22. The Morgan fingerprint density at radius 2 is 2.31 bits per heavy atom. The molecule has 2 rings (SSSR count). The van der Waals surface area contributed by atoms with E-state index >= 15 is 0 Å². The molecule has 0 aliphatic heterocycles. The summed E-state index contributed by atoms with van der Waals surface area (Å²) < 4.78 is 5.11. The van der Waals surface area contributed by atoms with Crippen LogP contribution in [0.25, 0.3) is 0 Å². The zero-order chi connectivity index (χ0) is 11.8. The highest BCUT2D eigenvalue weighted by Gasteiger charge is 2.54. The molecule has 1 unspecified atom stereocenters. The molecule has 1 N–H and O–H groups in total. The maximum absolute atomic E-state index is 11.1. The number of aromatic nitrogens is 1. The molecule has 0 saturated heterocycles. The van der Waals surface area contributed by atoms with Gasteiger partial charge in [0, 0.05) is 24.4 Å². The zero-order valence-corrected chi connectivity index (χ0v) is 9.43. The van der Waals surface area contributed by atoms with E-state index in [1.807, 2.05) is 19.1 Å². The van der Waals surface area contributed by atoms with Crippen LogP contribution in [0.3, 0.4) is 0 Å². The standard InChI is InChI=1S/C12H15NO3/c1-8-7-9(3-6-13-8)12(4-5-12)10(16-2)11(14)15/h3,6-7,10H,4-5H2,1-2H3,(H,14,15). The number of carboxylic acids is 1. The second-order valence-electron chi connectivity index (χ2n) is 4.30. The molecule has 0 radical (unpaired) electrons. The summed E-state index contributed by atoms with van der Waals surface area (Å²) in [6.45, 7) is 1.90. The largest absolute Gasteiger partial charge is 0.479 e. The van der Waals surface area contributed by atoms with Gasteiger partial charge in [-0.15, -0.1) is 0 Å². The van der Waals surface area contributed by atoms with Crippen LogP contribution in [0.1, 0.15) is 24.1 Å². The molecule has 1 saturated carbocycles. The minimum Gasteiger partial charge on any atom is -0.479 e. The Hall–Kier alpha value is -1.42. The van der Waals surface area contributed by atoms with Crippen molar-refractivity contribution in [1.29, 1.82) is 0 Å². The van der Waals surface area contributed by atoms with Gasteiger partial charge in [-0.05, 0) is 37.5 Å². The highest BCUT2D eigenvalue weighted by molar-refractivity contribution is 5.76. The molecule has 1 aliphatic carbocycles. The van der Waals surface area contributed by atoms with Gasteiger partial charge >= 0.3 is 5.97 Å². The molecule has 1 aliphatic rings. The molecule has 0 amide bonds. The monoisotopic (exact) mass is 221 g/mol. The van der Waals surface area contributed by atoms with Crippen LogP contribution in [0.5, 0.6) is 0 Å². The Bertz CT molecular complexity index is 412. The van der Waals surface area contributed by atoms with Crippen molar-refractivity contribution in [3.63, 3.8) is 0 Å². The van der Waals surface area contributed by atoms with E-state index in [1.165, 1.54) is 7.11 Å². The highest BCUT2D eigenvalue weighted by atomic mass is 16.5. The minimum absolute atomic E-state index is 0.339. The molecule has 1 fully saturated rings. The number of aryl methyl sites for hydroxylation is 1. The summed E-state index contributed by atoms with van der Waals surface area (Å²) in [5, 5.41) is 9.14. The van der Waals surface area contributed by atoms with Crippen LogP contribution in [-0.2, 0) is 14.9 Å². The second-order valence-corrected chi connectivity index (χ2v) is 4.30. The Balaban J connectivity index is 2.35. The lowest BCUT2D eigenvalue weighted by molar-refractivity contribution is -0.150. The maximum Gasteiger partial charge on any atom is 0.333 e. The van der Waals surface area contributed by atoms with Crippen molar-refractivity contribution in [3.8, 4) is 0 Å². The van der Waals surface area contributed by atoms with Crippen LogP contribution < -0.4 is 0 Å². The molecule has 0 bridgehead atoms. The fraction of sp³-hybridized carbons (Fsp3) is 0.500. The fourth-order valence-corrected chi connectivity index (χ4v) is 2.25. The predicted molar refractivity (Wildman–Crippen MR) is 58.3 cm³/mol. The first-order valence-electron chi connectivity index (χ1n) is 5.29. The lowest BCUT2D eigenvalue weighted by Crippen LogP contribution is -2.35. The van der Waals surface area contributed by atoms with Crippen molar-refractivity contribution < 1.29 is 14.6 Å². The molecule has 0 spiro atoms. The summed E-state index contributed by atoms with van der Waals surface area (Å²) in [5.74, 6) is -0.894. The van der Waals surface area contributed by atoms with Gasteiger partial charge in [0.15, 0.2) is 6.10 Å². The van der Waals surface area contributed by atoms with E-state index in [2.05, 4.69) is 4.98 Å². The number of nitrogens with zero attached hydrogens (tertiary/aromatic N) is 1. The van der Waals surface area contributed by atoms with Crippen molar-refractivity contribution in [2.45, 2.75) is 31.3 Å². The van der Waals surface area contributed by atoms with Gasteiger partial charge in [0.05, 0.1) is 0 Å². The first kappa shape index (κ1) is 11.1. The van der Waals surface area contributed by atoms with Gasteiger partial charge in [-0.2, -0.15) is 0 Å². The van der Waals surface area contributed by atoms with Gasteiger partial charge in [0.1, 0.15) is 0 Å². The van der Waals surface area contributed by atoms with Crippen LogP contribution in [0.15, 0.2) is 18.3 Å². The average Bonchev–Trinajstić information content (AvgIpc) is 3.00. The third kappa shape index (κ3) is 1.69. The van der Waals surface area contributed by atoms with E-state index in [4.69, 9.17) is 9.84 Å². The molecule has 0 aromatic carbocycles. The van der Waals surface area contributed by atoms with Crippen molar-refractivity contribution >= 4 is 5.97 Å². The van der Waals surface area contributed by atoms with E-state index in [-0.39, 0.29) is 5.41 Å². The first-order chi connectivity index (χ1) is 7.60. The Morgan fingerprint density at radius 1 is 1.62 bits per heavy atom. The number of methoxy groups -OCH3 is 1. The molecule has 4 nitrogen and oxygen atoms in total.